The fraction of sp³-hybridized carbons (Fsp3) is 0.727. The van der Waals surface area contributed by atoms with Crippen molar-refractivity contribution < 1.29 is 9.53 Å². The lowest BCUT2D eigenvalue weighted by Crippen LogP contribution is -2.24. The molecule has 6 nitrogen and oxygen atoms in total. The Morgan fingerprint density at radius 3 is 2.59 bits per heavy atom. The summed E-state index contributed by atoms with van der Waals surface area (Å²) in [6.45, 7) is 7.35. The number of ether oxygens (including phenoxy) is 1. The molecule has 0 bridgehead atoms. The van der Waals surface area contributed by atoms with E-state index in [2.05, 4.69) is 10.1 Å². The fourth-order valence-corrected chi connectivity index (χ4v) is 1.31. The lowest BCUT2D eigenvalue weighted by molar-refractivity contribution is 0.00554. The Hall–Kier alpha value is -1.43. The second-order valence-electron chi connectivity index (χ2n) is 4.93. The Balaban J connectivity index is 2.90. The fourth-order valence-electron chi connectivity index (χ4n) is 1.31. The number of aromatic nitrogens is 3. The van der Waals surface area contributed by atoms with Crippen LogP contribution in [0.15, 0.2) is 0 Å². The van der Waals surface area contributed by atoms with Gasteiger partial charge in [-0.1, -0.05) is 6.92 Å². The predicted octanol–water partition coefficient (Wildman–Crippen LogP) is 1.18. The third-order valence-corrected chi connectivity index (χ3v) is 2.15. The summed E-state index contributed by atoms with van der Waals surface area (Å²) in [5.41, 5.74) is 5.31. The van der Waals surface area contributed by atoms with Crippen molar-refractivity contribution in [1.82, 2.24) is 14.8 Å². The molecule has 17 heavy (non-hydrogen) atoms. The number of rotatable bonds is 3. The van der Waals surface area contributed by atoms with Crippen LogP contribution in [-0.2, 0) is 11.8 Å². The molecule has 96 valence electrons. The third kappa shape index (κ3) is 3.52. The van der Waals surface area contributed by atoms with Gasteiger partial charge in [0, 0.05) is 7.05 Å². The number of aryl methyl sites for hydroxylation is 1. The molecule has 1 aromatic heterocycles. The van der Waals surface area contributed by atoms with Crippen LogP contribution >= 0.6 is 0 Å². The first kappa shape index (κ1) is 13.6. The summed E-state index contributed by atoms with van der Waals surface area (Å²) in [4.78, 5) is 15.9. The summed E-state index contributed by atoms with van der Waals surface area (Å²) >= 11 is 0. The molecule has 0 radical (unpaired) electrons. The zero-order chi connectivity index (χ0) is 13.2. The maximum absolute atomic E-state index is 11.7. The van der Waals surface area contributed by atoms with Gasteiger partial charge in [-0.25, -0.2) is 9.78 Å². The van der Waals surface area contributed by atoms with Crippen LogP contribution in [-0.4, -0.2) is 26.3 Å². The topological polar surface area (TPSA) is 83.0 Å². The van der Waals surface area contributed by atoms with Gasteiger partial charge in [-0.3, -0.25) is 4.68 Å². The molecule has 2 N–H and O–H groups in total. The molecule has 0 unspecified atom stereocenters. The highest BCUT2D eigenvalue weighted by Gasteiger charge is 2.23. The second-order valence-corrected chi connectivity index (χ2v) is 4.93. The quantitative estimate of drug-likeness (QED) is 0.802. The van der Waals surface area contributed by atoms with Gasteiger partial charge in [0.05, 0.1) is 6.04 Å². The Morgan fingerprint density at radius 2 is 2.12 bits per heavy atom. The first-order valence-corrected chi connectivity index (χ1v) is 5.64. The third-order valence-electron chi connectivity index (χ3n) is 2.15. The van der Waals surface area contributed by atoms with Gasteiger partial charge in [0.15, 0.2) is 0 Å². The predicted molar refractivity (Wildman–Crippen MR) is 63.4 cm³/mol. The molecule has 0 aliphatic carbocycles. The summed E-state index contributed by atoms with van der Waals surface area (Å²) in [5, 5.41) is 4.01. The summed E-state index contributed by atoms with van der Waals surface area (Å²) in [7, 11) is 1.71. The van der Waals surface area contributed by atoms with E-state index in [9.17, 15) is 4.79 Å². The molecule has 0 aliphatic rings. The highest BCUT2D eigenvalue weighted by Crippen LogP contribution is 2.13. The Kier molecular flexibility index (Phi) is 3.87. The van der Waals surface area contributed by atoms with E-state index in [4.69, 9.17) is 10.5 Å². The molecule has 0 amide bonds. The molecule has 1 atom stereocenters. The number of carbonyl (C=O) groups is 1. The molecule has 0 spiro atoms. The van der Waals surface area contributed by atoms with Gasteiger partial charge in [-0.2, -0.15) is 0 Å². The average molecular weight is 240 g/mol. The van der Waals surface area contributed by atoms with Crippen LogP contribution in [0.2, 0.25) is 0 Å². The summed E-state index contributed by atoms with van der Waals surface area (Å²) in [5.74, 6) is 0.123. The van der Waals surface area contributed by atoms with Crippen LogP contribution < -0.4 is 5.73 Å². The molecule has 1 heterocycles. The summed E-state index contributed by atoms with van der Waals surface area (Å²) in [6, 6.07) is -0.219. The molecular formula is C11H20N4O2. The lowest BCUT2D eigenvalue weighted by atomic mass is 10.2. The minimum Gasteiger partial charge on any atom is -0.454 e. The van der Waals surface area contributed by atoms with Gasteiger partial charge in [0.25, 0.3) is 5.82 Å². The highest BCUT2D eigenvalue weighted by molar-refractivity contribution is 5.85. The van der Waals surface area contributed by atoms with Crippen molar-refractivity contribution in [2.75, 3.05) is 0 Å². The summed E-state index contributed by atoms with van der Waals surface area (Å²) in [6.07, 6.45) is 0.736. The van der Waals surface area contributed by atoms with E-state index in [0.29, 0.717) is 5.82 Å². The van der Waals surface area contributed by atoms with Crippen molar-refractivity contribution in [3.05, 3.63) is 11.6 Å². The molecule has 0 aliphatic heterocycles. The standard InChI is InChI=1S/C11H20N4O2/c1-6-7(12)9-13-8(14-15(9)5)10(16)17-11(2,3)4/h7H,6,12H2,1-5H3/t7-/m0/s1. The van der Waals surface area contributed by atoms with Gasteiger partial charge in [0.2, 0.25) is 0 Å². The molecule has 0 fully saturated rings. The van der Waals surface area contributed by atoms with E-state index in [1.807, 2.05) is 6.92 Å². The van der Waals surface area contributed by atoms with Crippen LogP contribution in [0.1, 0.15) is 56.6 Å². The van der Waals surface area contributed by atoms with Crippen molar-refractivity contribution in [2.45, 2.75) is 45.8 Å². The average Bonchev–Trinajstić information content (AvgIpc) is 2.57. The second kappa shape index (κ2) is 4.83. The first-order valence-electron chi connectivity index (χ1n) is 5.64. The molecule has 0 saturated carbocycles. The minimum atomic E-state index is -0.552. The van der Waals surface area contributed by atoms with Crippen molar-refractivity contribution in [3.8, 4) is 0 Å². The zero-order valence-electron chi connectivity index (χ0n) is 11.0. The maximum Gasteiger partial charge on any atom is 0.378 e. The number of esters is 1. The number of nitrogens with two attached hydrogens (primary N) is 1. The van der Waals surface area contributed by atoms with Crippen LogP contribution in [0.25, 0.3) is 0 Å². The van der Waals surface area contributed by atoms with Gasteiger partial charge in [-0.15, -0.1) is 5.10 Å². The molecular weight excluding hydrogens is 220 g/mol. The van der Waals surface area contributed by atoms with E-state index in [1.165, 1.54) is 4.68 Å². The smallest absolute Gasteiger partial charge is 0.378 e. The van der Waals surface area contributed by atoms with Crippen LogP contribution in [0.3, 0.4) is 0 Å². The molecule has 0 aromatic carbocycles. The first-order chi connectivity index (χ1) is 7.74. The Morgan fingerprint density at radius 1 is 1.53 bits per heavy atom. The largest absolute Gasteiger partial charge is 0.454 e. The van der Waals surface area contributed by atoms with E-state index >= 15 is 0 Å². The van der Waals surface area contributed by atoms with Crippen molar-refractivity contribution in [2.24, 2.45) is 12.8 Å². The maximum atomic E-state index is 11.7. The van der Waals surface area contributed by atoms with E-state index in [-0.39, 0.29) is 11.9 Å². The number of hydrogen-bond donors (Lipinski definition) is 1. The Labute approximate surface area is 101 Å². The zero-order valence-corrected chi connectivity index (χ0v) is 11.0. The normalized spacial score (nSPS) is 13.5. The molecule has 0 saturated heterocycles. The number of hydrogen-bond acceptors (Lipinski definition) is 5. The highest BCUT2D eigenvalue weighted by atomic mass is 16.6. The van der Waals surface area contributed by atoms with E-state index < -0.39 is 11.6 Å². The lowest BCUT2D eigenvalue weighted by Gasteiger charge is -2.17. The Bertz CT molecular complexity index is 406. The SMILES string of the molecule is CC[C@H](N)c1nc(C(=O)OC(C)(C)C)nn1C. The van der Waals surface area contributed by atoms with Crippen molar-refractivity contribution in [1.29, 1.82) is 0 Å². The van der Waals surface area contributed by atoms with Crippen molar-refractivity contribution >= 4 is 5.97 Å². The monoisotopic (exact) mass is 240 g/mol. The van der Waals surface area contributed by atoms with Crippen LogP contribution in [0.4, 0.5) is 0 Å². The van der Waals surface area contributed by atoms with E-state index in [1.54, 1.807) is 27.8 Å². The minimum absolute atomic E-state index is 0.0568. The van der Waals surface area contributed by atoms with Gasteiger partial charge >= 0.3 is 5.97 Å². The molecule has 1 rings (SSSR count). The molecule has 1 aromatic rings. The van der Waals surface area contributed by atoms with Gasteiger partial charge < -0.3 is 10.5 Å². The van der Waals surface area contributed by atoms with Gasteiger partial charge in [-0.05, 0) is 27.2 Å². The van der Waals surface area contributed by atoms with Crippen LogP contribution in [0.5, 0.6) is 0 Å². The van der Waals surface area contributed by atoms with Crippen molar-refractivity contribution in [3.63, 3.8) is 0 Å². The van der Waals surface area contributed by atoms with Crippen LogP contribution in [0, 0.1) is 0 Å². The van der Waals surface area contributed by atoms with E-state index in [0.717, 1.165) is 6.42 Å². The number of carbonyl (C=O) groups excluding carboxylic acids is 1. The molecule has 6 heteroatoms. The number of nitrogens with zero attached hydrogens (tertiary/aromatic N) is 3. The summed E-state index contributed by atoms with van der Waals surface area (Å²) < 4.78 is 6.71. The van der Waals surface area contributed by atoms with Gasteiger partial charge in [0.1, 0.15) is 11.4 Å².